The van der Waals surface area contributed by atoms with Crippen molar-refractivity contribution in [1.29, 1.82) is 0 Å². The maximum atomic E-state index is 11.0. The first kappa shape index (κ1) is 12.5. The fourth-order valence-electron chi connectivity index (χ4n) is 1.31. The van der Waals surface area contributed by atoms with E-state index in [9.17, 15) is 4.79 Å². The summed E-state index contributed by atoms with van der Waals surface area (Å²) in [7, 11) is 1.59. The summed E-state index contributed by atoms with van der Waals surface area (Å²) in [5.41, 5.74) is 1.59. The fourth-order valence-corrected chi connectivity index (χ4v) is 1.31. The first-order valence-corrected chi connectivity index (χ1v) is 5.12. The van der Waals surface area contributed by atoms with Crippen molar-refractivity contribution in [2.24, 2.45) is 0 Å². The zero-order chi connectivity index (χ0) is 12.0. The van der Waals surface area contributed by atoms with E-state index in [0.717, 1.165) is 5.56 Å². The predicted octanol–water partition coefficient (Wildman–Crippen LogP) is 0.802. The summed E-state index contributed by atoms with van der Waals surface area (Å²) >= 11 is 0. The molecule has 0 aromatic heterocycles. The van der Waals surface area contributed by atoms with E-state index >= 15 is 0 Å². The van der Waals surface area contributed by atoms with E-state index in [0.29, 0.717) is 24.3 Å². The van der Waals surface area contributed by atoms with Crippen LogP contribution in [-0.4, -0.2) is 24.7 Å². The van der Waals surface area contributed by atoms with E-state index in [4.69, 9.17) is 9.84 Å². The maximum absolute atomic E-state index is 11.0. The molecule has 0 saturated carbocycles. The molecule has 0 bridgehead atoms. The number of aliphatic hydroxyl groups excluding tert-OH is 1. The van der Waals surface area contributed by atoms with Crippen LogP contribution < -0.4 is 10.1 Å². The Morgan fingerprint density at radius 1 is 1.56 bits per heavy atom. The van der Waals surface area contributed by atoms with E-state index in [2.05, 4.69) is 11.4 Å². The lowest BCUT2D eigenvalue weighted by Crippen LogP contribution is -2.20. The summed E-state index contributed by atoms with van der Waals surface area (Å²) in [6.45, 7) is 2.15. The SMILES string of the molecule is CNC(=O)CCOc1cc(C)[c]c(CO)c1. The molecule has 87 valence electrons. The molecule has 4 nitrogen and oxygen atoms in total. The summed E-state index contributed by atoms with van der Waals surface area (Å²) in [5, 5.41) is 11.5. The molecular weight excluding hydrogens is 206 g/mol. The van der Waals surface area contributed by atoms with Crippen LogP contribution in [0.25, 0.3) is 0 Å². The molecule has 1 rings (SSSR count). The van der Waals surface area contributed by atoms with E-state index in [1.807, 2.05) is 13.0 Å². The number of ether oxygens (including phenoxy) is 1. The molecule has 1 radical (unpaired) electrons. The number of aliphatic hydroxyl groups is 1. The van der Waals surface area contributed by atoms with Crippen LogP contribution in [0.3, 0.4) is 0 Å². The standard InChI is InChI=1S/C12H16NO3/c1-9-5-10(8-14)7-11(6-9)16-4-3-12(15)13-2/h6-7,14H,3-4,8H2,1-2H3,(H,13,15). The highest BCUT2D eigenvalue weighted by atomic mass is 16.5. The van der Waals surface area contributed by atoms with Crippen LogP contribution in [0.1, 0.15) is 17.5 Å². The first-order valence-electron chi connectivity index (χ1n) is 5.12. The Morgan fingerprint density at radius 2 is 2.31 bits per heavy atom. The van der Waals surface area contributed by atoms with Crippen molar-refractivity contribution >= 4 is 5.91 Å². The van der Waals surface area contributed by atoms with Crippen LogP contribution >= 0.6 is 0 Å². The van der Waals surface area contributed by atoms with E-state index < -0.39 is 0 Å². The molecule has 0 spiro atoms. The molecule has 1 amide bonds. The lowest BCUT2D eigenvalue weighted by Gasteiger charge is -2.08. The number of benzene rings is 1. The first-order chi connectivity index (χ1) is 7.65. The lowest BCUT2D eigenvalue weighted by atomic mass is 10.1. The number of rotatable bonds is 5. The largest absolute Gasteiger partial charge is 0.493 e. The second-order valence-electron chi connectivity index (χ2n) is 3.45. The minimum absolute atomic E-state index is 0.0541. The Kier molecular flexibility index (Phi) is 4.79. The predicted molar refractivity (Wildman–Crippen MR) is 60.1 cm³/mol. The second-order valence-corrected chi connectivity index (χ2v) is 3.45. The van der Waals surface area contributed by atoms with E-state index in [1.165, 1.54) is 0 Å². The van der Waals surface area contributed by atoms with Crippen LogP contribution in [0.5, 0.6) is 5.75 Å². The summed E-state index contributed by atoms with van der Waals surface area (Å²) in [6.07, 6.45) is 0.322. The molecule has 0 aliphatic carbocycles. The van der Waals surface area contributed by atoms with Gasteiger partial charge in [0.25, 0.3) is 0 Å². The van der Waals surface area contributed by atoms with Crippen LogP contribution in [0.15, 0.2) is 12.1 Å². The van der Waals surface area contributed by atoms with E-state index in [1.54, 1.807) is 13.1 Å². The van der Waals surface area contributed by atoms with Gasteiger partial charge >= 0.3 is 0 Å². The molecule has 0 fully saturated rings. The molecule has 0 aliphatic rings. The van der Waals surface area contributed by atoms with Crippen molar-refractivity contribution in [3.05, 3.63) is 29.3 Å². The quantitative estimate of drug-likeness (QED) is 0.774. The summed E-state index contributed by atoms with van der Waals surface area (Å²) in [6, 6.07) is 6.54. The number of amides is 1. The number of carbonyl (C=O) groups excluding carboxylic acids is 1. The number of hydrogen-bond donors (Lipinski definition) is 2. The van der Waals surface area contributed by atoms with Gasteiger partial charge in [0.1, 0.15) is 5.75 Å². The third kappa shape index (κ3) is 3.90. The van der Waals surface area contributed by atoms with Crippen molar-refractivity contribution in [3.63, 3.8) is 0 Å². The molecule has 0 unspecified atom stereocenters. The van der Waals surface area contributed by atoms with Crippen LogP contribution in [0, 0.1) is 13.0 Å². The Hall–Kier alpha value is -1.55. The molecule has 2 N–H and O–H groups in total. The molecule has 4 heteroatoms. The highest BCUT2D eigenvalue weighted by Crippen LogP contribution is 2.16. The average molecular weight is 222 g/mol. The molecule has 1 aromatic carbocycles. The smallest absolute Gasteiger partial charge is 0.223 e. The molecule has 1 aromatic rings. The van der Waals surface area contributed by atoms with Crippen molar-refractivity contribution in [1.82, 2.24) is 5.32 Å². The number of nitrogens with one attached hydrogen (secondary N) is 1. The summed E-state index contributed by atoms with van der Waals surface area (Å²) in [5.74, 6) is 0.603. The molecule has 0 atom stereocenters. The van der Waals surface area contributed by atoms with Gasteiger partial charge in [0, 0.05) is 7.05 Å². The van der Waals surface area contributed by atoms with E-state index in [-0.39, 0.29) is 12.5 Å². The minimum Gasteiger partial charge on any atom is -0.493 e. The van der Waals surface area contributed by atoms with Crippen molar-refractivity contribution in [3.8, 4) is 5.75 Å². The molecule has 0 aliphatic heterocycles. The van der Waals surface area contributed by atoms with Gasteiger partial charge in [0.2, 0.25) is 5.91 Å². The van der Waals surface area contributed by atoms with Gasteiger partial charge in [-0.3, -0.25) is 4.79 Å². The molecular formula is C12H16NO3. The molecule has 0 saturated heterocycles. The van der Waals surface area contributed by atoms with Gasteiger partial charge in [-0.15, -0.1) is 0 Å². The third-order valence-electron chi connectivity index (χ3n) is 2.08. The average Bonchev–Trinajstić information content (AvgIpc) is 2.28. The Morgan fingerprint density at radius 3 is 2.94 bits per heavy atom. The normalized spacial score (nSPS) is 9.94. The van der Waals surface area contributed by atoms with Gasteiger partial charge in [-0.25, -0.2) is 0 Å². The minimum atomic E-state index is -0.0620. The van der Waals surface area contributed by atoms with Crippen LogP contribution in [0.4, 0.5) is 0 Å². The number of carbonyl (C=O) groups is 1. The maximum Gasteiger partial charge on any atom is 0.223 e. The topological polar surface area (TPSA) is 58.6 Å². The summed E-state index contributed by atoms with van der Waals surface area (Å²) in [4.78, 5) is 11.0. The fraction of sp³-hybridized carbons (Fsp3) is 0.417. The van der Waals surface area contributed by atoms with Crippen molar-refractivity contribution < 1.29 is 14.6 Å². The van der Waals surface area contributed by atoms with Crippen LogP contribution in [-0.2, 0) is 11.4 Å². The van der Waals surface area contributed by atoms with Gasteiger partial charge in [0.15, 0.2) is 0 Å². The molecule has 0 heterocycles. The lowest BCUT2D eigenvalue weighted by molar-refractivity contribution is -0.121. The third-order valence-corrected chi connectivity index (χ3v) is 2.08. The Bertz CT molecular complexity index is 363. The van der Waals surface area contributed by atoms with Gasteiger partial charge in [0.05, 0.1) is 19.6 Å². The van der Waals surface area contributed by atoms with Gasteiger partial charge in [-0.2, -0.15) is 0 Å². The number of aryl methyl sites for hydroxylation is 1. The number of hydrogen-bond acceptors (Lipinski definition) is 3. The molecule has 16 heavy (non-hydrogen) atoms. The zero-order valence-electron chi connectivity index (χ0n) is 9.54. The summed E-state index contributed by atoms with van der Waals surface area (Å²) < 4.78 is 5.41. The van der Waals surface area contributed by atoms with Gasteiger partial charge < -0.3 is 15.2 Å². The highest BCUT2D eigenvalue weighted by Gasteiger charge is 2.01. The van der Waals surface area contributed by atoms with Crippen LogP contribution in [0.2, 0.25) is 0 Å². The second kappa shape index (κ2) is 6.12. The van der Waals surface area contributed by atoms with Gasteiger partial charge in [-0.05, 0) is 36.2 Å². The Balaban J connectivity index is 2.53. The zero-order valence-corrected chi connectivity index (χ0v) is 9.54. The highest BCUT2D eigenvalue weighted by molar-refractivity contribution is 5.75. The van der Waals surface area contributed by atoms with Crippen molar-refractivity contribution in [2.75, 3.05) is 13.7 Å². The monoisotopic (exact) mass is 222 g/mol. The van der Waals surface area contributed by atoms with Crippen molar-refractivity contribution in [2.45, 2.75) is 20.0 Å². The van der Waals surface area contributed by atoms with Gasteiger partial charge in [-0.1, -0.05) is 0 Å². The Labute approximate surface area is 95.2 Å².